The average molecular weight is 302 g/mol. The minimum absolute atomic E-state index is 0.0900. The zero-order valence-electron chi connectivity index (χ0n) is 11.2. The number of likely N-dealkylation sites (N-methyl/N-ethyl adjacent to an activating group) is 1. The van der Waals surface area contributed by atoms with Gasteiger partial charge in [-0.15, -0.1) is 0 Å². The van der Waals surface area contributed by atoms with Gasteiger partial charge in [0.05, 0.1) is 16.0 Å². The number of nitrogens with one attached hydrogen (secondary N) is 1. The number of benzene rings is 1. The number of anilines is 1. The Morgan fingerprint density at radius 3 is 2.90 bits per heavy atom. The van der Waals surface area contributed by atoms with Crippen LogP contribution in [-0.2, 0) is 0 Å². The van der Waals surface area contributed by atoms with Crippen LogP contribution in [0.2, 0.25) is 5.02 Å². The van der Waals surface area contributed by atoms with Crippen molar-refractivity contribution in [2.75, 3.05) is 24.5 Å². The normalized spacial score (nSPS) is 18.9. The van der Waals surface area contributed by atoms with Crippen LogP contribution < -0.4 is 10.2 Å². The summed E-state index contributed by atoms with van der Waals surface area (Å²) in [6, 6.07) is 2.41. The Balaban J connectivity index is 2.41. The molecule has 1 N–H and O–H groups in total. The fourth-order valence-corrected chi connectivity index (χ4v) is 2.78. The third-order valence-corrected chi connectivity index (χ3v) is 3.87. The van der Waals surface area contributed by atoms with Crippen molar-refractivity contribution in [1.29, 1.82) is 0 Å². The molecule has 5 nitrogen and oxygen atoms in total. The van der Waals surface area contributed by atoms with E-state index < -0.39 is 10.7 Å². The maximum atomic E-state index is 13.5. The Bertz CT molecular complexity index is 507. The number of piperidine rings is 1. The highest BCUT2D eigenvalue weighted by Crippen LogP contribution is 2.35. The maximum absolute atomic E-state index is 13.5. The number of rotatable bonds is 4. The molecule has 1 saturated heterocycles. The Hall–Kier alpha value is -1.40. The van der Waals surface area contributed by atoms with E-state index >= 15 is 0 Å². The van der Waals surface area contributed by atoms with Crippen LogP contribution in [0.15, 0.2) is 12.1 Å². The molecule has 1 heterocycles. The molecule has 20 heavy (non-hydrogen) atoms. The van der Waals surface area contributed by atoms with Gasteiger partial charge in [0.1, 0.15) is 11.5 Å². The number of nitro groups is 1. The number of halogens is 2. The highest BCUT2D eigenvalue weighted by molar-refractivity contribution is 6.31. The van der Waals surface area contributed by atoms with Crippen LogP contribution in [0, 0.1) is 15.9 Å². The summed E-state index contributed by atoms with van der Waals surface area (Å²) in [5.41, 5.74) is 0.150. The quantitative estimate of drug-likeness (QED) is 0.686. The summed E-state index contributed by atoms with van der Waals surface area (Å²) in [4.78, 5) is 12.5. The minimum atomic E-state index is -0.764. The van der Waals surface area contributed by atoms with Crippen molar-refractivity contribution in [3.8, 4) is 0 Å². The van der Waals surface area contributed by atoms with Gasteiger partial charge in [0, 0.05) is 19.1 Å². The van der Waals surface area contributed by atoms with Crippen molar-refractivity contribution >= 4 is 23.0 Å². The molecule has 0 bridgehead atoms. The zero-order valence-corrected chi connectivity index (χ0v) is 12.0. The Labute approximate surface area is 121 Å². The summed E-state index contributed by atoms with van der Waals surface area (Å²) in [6.45, 7) is 4.26. The second kappa shape index (κ2) is 6.37. The van der Waals surface area contributed by atoms with Gasteiger partial charge in [0.15, 0.2) is 0 Å². The first kappa shape index (κ1) is 15.0. The molecule has 110 valence electrons. The third kappa shape index (κ3) is 3.02. The fraction of sp³-hybridized carbons (Fsp3) is 0.538. The molecule has 0 saturated carbocycles. The number of nitrogens with zero attached hydrogens (tertiary/aromatic N) is 2. The van der Waals surface area contributed by atoms with Crippen molar-refractivity contribution in [3.05, 3.63) is 33.1 Å². The van der Waals surface area contributed by atoms with E-state index in [1.54, 1.807) is 0 Å². The van der Waals surface area contributed by atoms with Gasteiger partial charge in [0.2, 0.25) is 0 Å². The molecule has 1 aromatic rings. The zero-order chi connectivity index (χ0) is 14.7. The molecule has 1 unspecified atom stereocenters. The van der Waals surface area contributed by atoms with Crippen LogP contribution in [0.25, 0.3) is 0 Å². The summed E-state index contributed by atoms with van der Waals surface area (Å²) >= 11 is 5.79. The molecule has 1 atom stereocenters. The van der Waals surface area contributed by atoms with Crippen molar-refractivity contribution < 1.29 is 9.31 Å². The lowest BCUT2D eigenvalue weighted by molar-refractivity contribution is -0.384. The second-order valence-corrected chi connectivity index (χ2v) is 5.21. The summed E-state index contributed by atoms with van der Waals surface area (Å²) in [5.74, 6) is -0.764. The molecular formula is C13H17ClFN3O2. The van der Waals surface area contributed by atoms with Crippen LogP contribution in [-0.4, -0.2) is 30.6 Å². The van der Waals surface area contributed by atoms with Crippen molar-refractivity contribution in [3.63, 3.8) is 0 Å². The van der Waals surface area contributed by atoms with Gasteiger partial charge in [-0.3, -0.25) is 10.1 Å². The number of nitro benzene ring substituents is 1. The largest absolute Gasteiger partial charge is 0.362 e. The summed E-state index contributed by atoms with van der Waals surface area (Å²) < 4.78 is 13.5. The van der Waals surface area contributed by atoms with E-state index in [2.05, 4.69) is 5.32 Å². The molecule has 0 radical (unpaired) electrons. The van der Waals surface area contributed by atoms with Gasteiger partial charge in [-0.05, 0) is 32.4 Å². The predicted molar refractivity (Wildman–Crippen MR) is 77.0 cm³/mol. The Kier molecular flexibility index (Phi) is 4.77. The van der Waals surface area contributed by atoms with E-state index in [9.17, 15) is 14.5 Å². The standard InChI is InChI=1S/C13H17ClFN3O2/c1-2-17(9-4-3-5-16-8-9)12-6-10(14)11(15)7-13(12)18(19)20/h6-7,9,16H,2-5,8H2,1H3. The van der Waals surface area contributed by atoms with E-state index in [0.717, 1.165) is 32.0 Å². The first-order valence-corrected chi connectivity index (χ1v) is 7.03. The van der Waals surface area contributed by atoms with E-state index in [4.69, 9.17) is 11.6 Å². The maximum Gasteiger partial charge on any atom is 0.295 e. The number of hydrogen-bond acceptors (Lipinski definition) is 4. The van der Waals surface area contributed by atoms with E-state index in [-0.39, 0.29) is 16.8 Å². The lowest BCUT2D eigenvalue weighted by atomic mass is 10.0. The number of hydrogen-bond donors (Lipinski definition) is 1. The topological polar surface area (TPSA) is 58.4 Å². The molecule has 0 spiro atoms. The van der Waals surface area contributed by atoms with Gasteiger partial charge < -0.3 is 10.2 Å². The molecule has 1 aromatic carbocycles. The van der Waals surface area contributed by atoms with Crippen molar-refractivity contribution in [2.45, 2.75) is 25.8 Å². The molecule has 0 aliphatic carbocycles. The lowest BCUT2D eigenvalue weighted by Crippen LogP contribution is -2.46. The highest BCUT2D eigenvalue weighted by atomic mass is 35.5. The molecule has 7 heteroatoms. The minimum Gasteiger partial charge on any atom is -0.362 e. The van der Waals surface area contributed by atoms with Gasteiger partial charge >= 0.3 is 0 Å². The van der Waals surface area contributed by atoms with Crippen LogP contribution in [0.1, 0.15) is 19.8 Å². The predicted octanol–water partition coefficient (Wildman–Crippen LogP) is 2.97. The Morgan fingerprint density at radius 2 is 2.35 bits per heavy atom. The van der Waals surface area contributed by atoms with Crippen molar-refractivity contribution in [1.82, 2.24) is 5.32 Å². The van der Waals surface area contributed by atoms with E-state index in [1.807, 2.05) is 11.8 Å². The summed E-state index contributed by atoms with van der Waals surface area (Å²) in [7, 11) is 0. The Morgan fingerprint density at radius 1 is 1.60 bits per heavy atom. The molecule has 0 amide bonds. The average Bonchev–Trinajstić information content (AvgIpc) is 2.44. The van der Waals surface area contributed by atoms with Crippen LogP contribution in [0.4, 0.5) is 15.8 Å². The van der Waals surface area contributed by atoms with Crippen molar-refractivity contribution in [2.24, 2.45) is 0 Å². The first-order chi connectivity index (χ1) is 9.54. The van der Waals surface area contributed by atoms with Gasteiger partial charge in [-0.25, -0.2) is 4.39 Å². The van der Waals surface area contributed by atoms with Gasteiger partial charge in [-0.2, -0.15) is 0 Å². The van der Waals surface area contributed by atoms with E-state index in [0.29, 0.717) is 12.2 Å². The summed E-state index contributed by atoms with van der Waals surface area (Å²) in [5, 5.41) is 14.3. The van der Waals surface area contributed by atoms with Crippen LogP contribution in [0.5, 0.6) is 0 Å². The first-order valence-electron chi connectivity index (χ1n) is 6.65. The second-order valence-electron chi connectivity index (χ2n) is 4.80. The monoisotopic (exact) mass is 301 g/mol. The smallest absolute Gasteiger partial charge is 0.295 e. The SMILES string of the molecule is CCN(c1cc(Cl)c(F)cc1[N+](=O)[O-])C1CCCNC1. The van der Waals surface area contributed by atoms with Crippen LogP contribution >= 0.6 is 11.6 Å². The van der Waals surface area contributed by atoms with Crippen LogP contribution in [0.3, 0.4) is 0 Å². The molecule has 2 rings (SSSR count). The fourth-order valence-electron chi connectivity index (χ4n) is 2.63. The highest BCUT2D eigenvalue weighted by Gasteiger charge is 2.27. The molecule has 1 aliphatic heterocycles. The molecule has 0 aromatic heterocycles. The van der Waals surface area contributed by atoms with E-state index in [1.165, 1.54) is 6.07 Å². The molecule has 1 fully saturated rings. The van der Waals surface area contributed by atoms with Gasteiger partial charge in [0.25, 0.3) is 5.69 Å². The molecule has 1 aliphatic rings. The van der Waals surface area contributed by atoms with Gasteiger partial charge in [-0.1, -0.05) is 11.6 Å². The summed E-state index contributed by atoms with van der Waals surface area (Å²) in [6.07, 6.45) is 1.97. The molecular weight excluding hydrogens is 285 g/mol. The third-order valence-electron chi connectivity index (χ3n) is 3.58. The lowest BCUT2D eigenvalue weighted by Gasteiger charge is -2.35.